The molecule has 90 valence electrons. The molecule has 5 heteroatoms. The SMILES string of the molecule is CN1CC(NC(=O)NC2CCCC2)CC1=O. The number of nitrogens with one attached hydrogen (secondary N) is 2. The summed E-state index contributed by atoms with van der Waals surface area (Å²) in [5.41, 5.74) is 0. The van der Waals surface area contributed by atoms with Crippen LogP contribution in [0.1, 0.15) is 32.1 Å². The molecule has 1 aliphatic carbocycles. The lowest BCUT2D eigenvalue weighted by Gasteiger charge is -2.16. The summed E-state index contributed by atoms with van der Waals surface area (Å²) in [4.78, 5) is 24.5. The van der Waals surface area contributed by atoms with Crippen LogP contribution in [0.2, 0.25) is 0 Å². The molecule has 0 aromatic heterocycles. The molecule has 2 aliphatic rings. The first-order chi connectivity index (χ1) is 7.65. The summed E-state index contributed by atoms with van der Waals surface area (Å²) in [6.45, 7) is 0.622. The van der Waals surface area contributed by atoms with E-state index in [0.717, 1.165) is 12.8 Å². The molecule has 3 amide bonds. The zero-order valence-electron chi connectivity index (χ0n) is 9.66. The predicted molar refractivity (Wildman–Crippen MR) is 60.0 cm³/mol. The van der Waals surface area contributed by atoms with Gasteiger partial charge in [-0.05, 0) is 12.8 Å². The van der Waals surface area contributed by atoms with Gasteiger partial charge in [-0.15, -0.1) is 0 Å². The highest BCUT2D eigenvalue weighted by atomic mass is 16.2. The zero-order chi connectivity index (χ0) is 11.5. The maximum absolute atomic E-state index is 11.6. The van der Waals surface area contributed by atoms with Crippen LogP contribution in [-0.4, -0.2) is 42.5 Å². The average Bonchev–Trinajstić information content (AvgIpc) is 2.78. The van der Waals surface area contributed by atoms with Crippen molar-refractivity contribution in [2.24, 2.45) is 0 Å². The third-order valence-corrected chi connectivity index (χ3v) is 3.37. The largest absolute Gasteiger partial charge is 0.344 e. The molecule has 1 heterocycles. The molecule has 0 aromatic carbocycles. The summed E-state index contributed by atoms with van der Waals surface area (Å²) in [5.74, 6) is 0.103. The fraction of sp³-hybridized carbons (Fsp3) is 0.818. The minimum absolute atomic E-state index is 0.0288. The molecule has 1 atom stereocenters. The summed E-state index contributed by atoms with van der Waals surface area (Å²) in [6, 6.07) is 0.175. The van der Waals surface area contributed by atoms with Crippen molar-refractivity contribution in [3.63, 3.8) is 0 Å². The summed E-state index contributed by atoms with van der Waals surface area (Å²) in [5, 5.41) is 5.81. The second-order valence-corrected chi connectivity index (χ2v) is 4.77. The van der Waals surface area contributed by atoms with Gasteiger partial charge < -0.3 is 15.5 Å². The molecular formula is C11H19N3O2. The Hall–Kier alpha value is -1.26. The zero-order valence-corrected chi connectivity index (χ0v) is 9.66. The lowest BCUT2D eigenvalue weighted by molar-refractivity contribution is -0.126. The van der Waals surface area contributed by atoms with Gasteiger partial charge in [-0.3, -0.25) is 4.79 Å². The van der Waals surface area contributed by atoms with E-state index in [9.17, 15) is 9.59 Å². The summed E-state index contributed by atoms with van der Waals surface area (Å²) in [7, 11) is 1.76. The molecule has 1 unspecified atom stereocenters. The second kappa shape index (κ2) is 4.72. The van der Waals surface area contributed by atoms with Crippen LogP contribution >= 0.6 is 0 Å². The fourth-order valence-corrected chi connectivity index (χ4v) is 2.44. The van der Waals surface area contributed by atoms with Crippen molar-refractivity contribution in [1.29, 1.82) is 0 Å². The Morgan fingerprint density at radius 3 is 2.44 bits per heavy atom. The number of hydrogen-bond donors (Lipinski definition) is 2. The number of urea groups is 1. The topological polar surface area (TPSA) is 61.4 Å². The first kappa shape index (κ1) is 11.2. The highest BCUT2D eigenvalue weighted by molar-refractivity contribution is 5.81. The number of likely N-dealkylation sites (N-methyl/N-ethyl adjacent to an activating group) is 1. The molecule has 16 heavy (non-hydrogen) atoms. The first-order valence-corrected chi connectivity index (χ1v) is 5.96. The molecule has 5 nitrogen and oxygen atoms in total. The molecule has 1 saturated carbocycles. The molecule has 2 fully saturated rings. The fourth-order valence-electron chi connectivity index (χ4n) is 2.44. The van der Waals surface area contributed by atoms with Gasteiger partial charge in [0.1, 0.15) is 0 Å². The minimum atomic E-state index is -0.125. The number of amides is 3. The van der Waals surface area contributed by atoms with Crippen molar-refractivity contribution < 1.29 is 9.59 Å². The number of rotatable bonds is 2. The van der Waals surface area contributed by atoms with Gasteiger partial charge in [-0.1, -0.05) is 12.8 Å². The quantitative estimate of drug-likeness (QED) is 0.717. The highest BCUT2D eigenvalue weighted by Crippen LogP contribution is 2.17. The van der Waals surface area contributed by atoms with Gasteiger partial charge in [-0.25, -0.2) is 4.79 Å². The molecule has 0 aromatic rings. The van der Waals surface area contributed by atoms with Crippen LogP contribution in [0.3, 0.4) is 0 Å². The molecule has 2 N–H and O–H groups in total. The van der Waals surface area contributed by atoms with Gasteiger partial charge in [-0.2, -0.15) is 0 Å². The number of hydrogen-bond acceptors (Lipinski definition) is 2. The molecule has 1 saturated heterocycles. The number of carbonyl (C=O) groups excluding carboxylic acids is 2. The van der Waals surface area contributed by atoms with Crippen LogP contribution in [-0.2, 0) is 4.79 Å². The van der Waals surface area contributed by atoms with E-state index in [1.165, 1.54) is 12.8 Å². The van der Waals surface area contributed by atoms with Crippen molar-refractivity contribution in [1.82, 2.24) is 15.5 Å². The highest BCUT2D eigenvalue weighted by Gasteiger charge is 2.28. The Balaban J connectivity index is 1.73. The molecule has 2 rings (SSSR count). The number of nitrogens with zero attached hydrogens (tertiary/aromatic N) is 1. The Bertz CT molecular complexity index is 287. The maximum atomic E-state index is 11.6. The van der Waals surface area contributed by atoms with Gasteiger partial charge in [0, 0.05) is 26.1 Å². The summed E-state index contributed by atoms with van der Waals surface area (Å²) >= 11 is 0. The van der Waals surface area contributed by atoms with Crippen LogP contribution in [0.5, 0.6) is 0 Å². The van der Waals surface area contributed by atoms with Gasteiger partial charge in [0.15, 0.2) is 0 Å². The van der Waals surface area contributed by atoms with Crippen molar-refractivity contribution in [3.8, 4) is 0 Å². The predicted octanol–water partition coefficient (Wildman–Crippen LogP) is 0.459. The average molecular weight is 225 g/mol. The van der Waals surface area contributed by atoms with E-state index >= 15 is 0 Å². The van der Waals surface area contributed by atoms with E-state index in [1.54, 1.807) is 11.9 Å². The van der Waals surface area contributed by atoms with Crippen molar-refractivity contribution >= 4 is 11.9 Å². The van der Waals surface area contributed by atoms with Crippen LogP contribution < -0.4 is 10.6 Å². The van der Waals surface area contributed by atoms with Crippen LogP contribution in [0.25, 0.3) is 0 Å². The molecule has 0 radical (unpaired) electrons. The third-order valence-electron chi connectivity index (χ3n) is 3.37. The minimum Gasteiger partial charge on any atom is -0.344 e. The van der Waals surface area contributed by atoms with Gasteiger partial charge in [0.2, 0.25) is 5.91 Å². The van der Waals surface area contributed by atoms with E-state index in [0.29, 0.717) is 19.0 Å². The first-order valence-electron chi connectivity index (χ1n) is 5.96. The van der Waals surface area contributed by atoms with Crippen LogP contribution in [0, 0.1) is 0 Å². The van der Waals surface area contributed by atoms with Gasteiger partial charge in [0.25, 0.3) is 0 Å². The van der Waals surface area contributed by atoms with E-state index in [-0.39, 0.29) is 18.0 Å². The molecule has 0 bridgehead atoms. The van der Waals surface area contributed by atoms with E-state index in [1.807, 2.05) is 0 Å². The molecule has 1 aliphatic heterocycles. The van der Waals surface area contributed by atoms with Crippen molar-refractivity contribution in [2.75, 3.05) is 13.6 Å². The van der Waals surface area contributed by atoms with Gasteiger partial charge in [0.05, 0.1) is 6.04 Å². The number of likely N-dealkylation sites (tertiary alicyclic amines) is 1. The van der Waals surface area contributed by atoms with Crippen LogP contribution in [0.15, 0.2) is 0 Å². The van der Waals surface area contributed by atoms with E-state index in [4.69, 9.17) is 0 Å². The van der Waals surface area contributed by atoms with Crippen LogP contribution in [0.4, 0.5) is 4.79 Å². The lowest BCUT2D eigenvalue weighted by atomic mass is 10.2. The van der Waals surface area contributed by atoms with Crippen molar-refractivity contribution in [3.05, 3.63) is 0 Å². The Kier molecular flexibility index (Phi) is 3.31. The number of carbonyl (C=O) groups is 2. The monoisotopic (exact) mass is 225 g/mol. The lowest BCUT2D eigenvalue weighted by Crippen LogP contribution is -2.46. The van der Waals surface area contributed by atoms with E-state index in [2.05, 4.69) is 10.6 Å². The normalized spacial score (nSPS) is 26.2. The second-order valence-electron chi connectivity index (χ2n) is 4.77. The molecule has 0 spiro atoms. The Morgan fingerprint density at radius 1 is 1.25 bits per heavy atom. The Morgan fingerprint density at radius 2 is 1.88 bits per heavy atom. The molecular weight excluding hydrogens is 206 g/mol. The summed E-state index contributed by atoms with van der Waals surface area (Å²) in [6.07, 6.45) is 4.99. The maximum Gasteiger partial charge on any atom is 0.315 e. The smallest absolute Gasteiger partial charge is 0.315 e. The third kappa shape index (κ3) is 2.65. The van der Waals surface area contributed by atoms with Gasteiger partial charge >= 0.3 is 6.03 Å². The van der Waals surface area contributed by atoms with Crippen molar-refractivity contribution in [2.45, 2.75) is 44.2 Å². The van der Waals surface area contributed by atoms with E-state index < -0.39 is 0 Å². The Labute approximate surface area is 95.6 Å². The summed E-state index contributed by atoms with van der Waals surface area (Å²) < 4.78 is 0. The standard InChI is InChI=1S/C11H19N3O2/c1-14-7-9(6-10(14)15)13-11(16)12-8-4-2-3-5-8/h8-9H,2-7H2,1H3,(H2,12,13,16).